The van der Waals surface area contributed by atoms with Gasteiger partial charge in [-0.3, -0.25) is 35.9 Å². The number of nitrogens with one attached hydrogen (secondary N) is 3. The van der Waals surface area contributed by atoms with Crippen LogP contribution in [0, 0.1) is 17.0 Å². The summed E-state index contributed by atoms with van der Waals surface area (Å²) < 4.78 is 5.33. The summed E-state index contributed by atoms with van der Waals surface area (Å²) in [5, 5.41) is 12.8. The van der Waals surface area contributed by atoms with E-state index in [-0.39, 0.29) is 23.0 Å². The van der Waals surface area contributed by atoms with E-state index in [9.17, 15) is 19.7 Å². The molecule has 3 N–H and O–H groups in total. The van der Waals surface area contributed by atoms with Crippen molar-refractivity contribution in [2.45, 2.75) is 6.92 Å². The van der Waals surface area contributed by atoms with Crippen molar-refractivity contribution in [3.63, 3.8) is 0 Å². The number of carbonyl (C=O) groups is 2. The Labute approximate surface area is 159 Å². The van der Waals surface area contributed by atoms with E-state index < -0.39 is 16.7 Å². The van der Waals surface area contributed by atoms with Crippen LogP contribution in [-0.2, 0) is 4.79 Å². The number of hydrogen-bond acceptors (Lipinski definition) is 6. The second-order valence-corrected chi connectivity index (χ2v) is 5.77. The van der Waals surface area contributed by atoms with E-state index in [0.29, 0.717) is 5.75 Å². The van der Waals surface area contributed by atoms with Gasteiger partial charge < -0.3 is 4.74 Å². The van der Waals surface area contributed by atoms with Gasteiger partial charge in [0.1, 0.15) is 5.75 Å². The number of ether oxygens (including phenoxy) is 1. The van der Waals surface area contributed by atoms with Gasteiger partial charge in [0.05, 0.1) is 4.92 Å². The van der Waals surface area contributed by atoms with Crippen LogP contribution in [-0.4, -0.2) is 28.5 Å². The SMILES string of the molecule is Cc1cccc(OCC(=O)NC(=S)NNC(=O)c2ccc([N+](=O)[O-])cc2)c1. The van der Waals surface area contributed by atoms with Crippen LogP contribution in [0.25, 0.3) is 0 Å². The van der Waals surface area contributed by atoms with Gasteiger partial charge in [0.25, 0.3) is 17.5 Å². The predicted octanol–water partition coefficient (Wildman–Crippen LogP) is 1.62. The van der Waals surface area contributed by atoms with Crippen LogP contribution in [0.4, 0.5) is 5.69 Å². The monoisotopic (exact) mass is 388 g/mol. The number of nitro benzene ring substituents is 1. The Balaban J connectivity index is 1.75. The van der Waals surface area contributed by atoms with Gasteiger partial charge in [-0.2, -0.15) is 0 Å². The van der Waals surface area contributed by atoms with E-state index in [0.717, 1.165) is 5.56 Å². The molecular weight excluding hydrogens is 372 g/mol. The van der Waals surface area contributed by atoms with Gasteiger partial charge >= 0.3 is 0 Å². The fourth-order valence-corrected chi connectivity index (χ4v) is 2.13. The number of benzene rings is 2. The molecule has 0 saturated carbocycles. The molecule has 0 radical (unpaired) electrons. The van der Waals surface area contributed by atoms with Gasteiger partial charge in [-0.1, -0.05) is 12.1 Å². The Hall–Kier alpha value is -3.53. The van der Waals surface area contributed by atoms with E-state index in [1.807, 2.05) is 19.1 Å². The van der Waals surface area contributed by atoms with E-state index in [4.69, 9.17) is 17.0 Å². The van der Waals surface area contributed by atoms with Crippen LogP contribution < -0.4 is 20.9 Å². The largest absolute Gasteiger partial charge is 0.484 e. The zero-order valence-corrected chi connectivity index (χ0v) is 15.0. The quantitative estimate of drug-likeness (QED) is 0.404. The van der Waals surface area contributed by atoms with Crippen LogP contribution in [0.1, 0.15) is 15.9 Å². The summed E-state index contributed by atoms with van der Waals surface area (Å²) >= 11 is 4.90. The molecule has 2 aromatic rings. The molecule has 0 aliphatic carbocycles. The lowest BCUT2D eigenvalue weighted by molar-refractivity contribution is -0.384. The molecule has 0 atom stereocenters. The van der Waals surface area contributed by atoms with Crippen molar-refractivity contribution in [1.29, 1.82) is 0 Å². The number of thiocarbonyl (C=S) groups is 1. The molecule has 10 heteroatoms. The maximum absolute atomic E-state index is 11.9. The van der Waals surface area contributed by atoms with Gasteiger partial charge in [-0.15, -0.1) is 0 Å². The molecule has 0 aliphatic rings. The number of amides is 2. The number of nitro groups is 1. The van der Waals surface area contributed by atoms with Crippen molar-refractivity contribution in [2.24, 2.45) is 0 Å². The first kappa shape index (κ1) is 19.8. The van der Waals surface area contributed by atoms with Crippen molar-refractivity contribution in [3.05, 3.63) is 69.8 Å². The summed E-state index contributed by atoms with van der Waals surface area (Å²) in [6.07, 6.45) is 0. The summed E-state index contributed by atoms with van der Waals surface area (Å²) in [5.74, 6) is -0.522. The Morgan fingerprint density at radius 2 is 1.85 bits per heavy atom. The van der Waals surface area contributed by atoms with Crippen LogP contribution in [0.15, 0.2) is 48.5 Å². The summed E-state index contributed by atoms with van der Waals surface area (Å²) in [6, 6.07) is 12.2. The molecule has 2 amide bonds. The van der Waals surface area contributed by atoms with Crippen molar-refractivity contribution in [1.82, 2.24) is 16.2 Å². The number of carbonyl (C=O) groups excluding carboxylic acids is 2. The number of aryl methyl sites for hydroxylation is 1. The first-order valence-corrected chi connectivity index (χ1v) is 8.10. The zero-order valence-electron chi connectivity index (χ0n) is 14.2. The van der Waals surface area contributed by atoms with E-state index in [2.05, 4.69) is 16.2 Å². The molecule has 0 aliphatic heterocycles. The molecule has 0 fully saturated rings. The van der Waals surface area contributed by atoms with Crippen molar-refractivity contribution < 1.29 is 19.2 Å². The number of nitrogens with zero attached hydrogens (tertiary/aromatic N) is 1. The first-order valence-electron chi connectivity index (χ1n) is 7.69. The molecule has 0 saturated heterocycles. The number of hydrogen-bond donors (Lipinski definition) is 3. The Kier molecular flexibility index (Phi) is 6.78. The number of hydrazine groups is 1. The standard InChI is InChI=1S/C17H16N4O5S/c1-11-3-2-4-14(9-11)26-10-15(22)18-17(27)20-19-16(23)12-5-7-13(8-6-12)21(24)25/h2-9H,10H2,1H3,(H,19,23)(H2,18,20,22,27). The molecular formula is C17H16N4O5S. The Morgan fingerprint density at radius 1 is 1.15 bits per heavy atom. The maximum atomic E-state index is 11.9. The van der Waals surface area contributed by atoms with Crippen LogP contribution in [0.2, 0.25) is 0 Å². The Bertz CT molecular complexity index is 870. The average molecular weight is 388 g/mol. The fourth-order valence-electron chi connectivity index (χ4n) is 1.97. The normalized spacial score (nSPS) is 9.81. The maximum Gasteiger partial charge on any atom is 0.269 e. The highest BCUT2D eigenvalue weighted by Gasteiger charge is 2.10. The lowest BCUT2D eigenvalue weighted by Crippen LogP contribution is -2.49. The second-order valence-electron chi connectivity index (χ2n) is 5.37. The highest BCUT2D eigenvalue weighted by atomic mass is 32.1. The molecule has 0 bridgehead atoms. The minimum Gasteiger partial charge on any atom is -0.484 e. The van der Waals surface area contributed by atoms with Crippen LogP contribution in [0.3, 0.4) is 0 Å². The van der Waals surface area contributed by atoms with Crippen LogP contribution in [0.5, 0.6) is 5.75 Å². The van der Waals surface area contributed by atoms with Crippen LogP contribution >= 0.6 is 12.2 Å². The average Bonchev–Trinajstić information content (AvgIpc) is 2.64. The first-order chi connectivity index (χ1) is 12.8. The third kappa shape index (κ3) is 6.36. The molecule has 0 aromatic heterocycles. The van der Waals surface area contributed by atoms with Gasteiger partial charge in [0, 0.05) is 17.7 Å². The van der Waals surface area contributed by atoms with E-state index in [1.165, 1.54) is 24.3 Å². The third-order valence-corrected chi connectivity index (χ3v) is 3.45. The van der Waals surface area contributed by atoms with Crippen molar-refractivity contribution in [2.75, 3.05) is 6.61 Å². The lowest BCUT2D eigenvalue weighted by atomic mass is 10.2. The molecule has 27 heavy (non-hydrogen) atoms. The molecule has 2 rings (SSSR count). The molecule has 0 heterocycles. The summed E-state index contributed by atoms with van der Waals surface area (Å²) in [7, 11) is 0. The summed E-state index contributed by atoms with van der Waals surface area (Å²) in [5.41, 5.74) is 5.70. The zero-order chi connectivity index (χ0) is 19.8. The molecule has 0 unspecified atom stereocenters. The van der Waals surface area contributed by atoms with Gasteiger partial charge in [-0.05, 0) is 49.0 Å². The predicted molar refractivity (Wildman–Crippen MR) is 101 cm³/mol. The lowest BCUT2D eigenvalue weighted by Gasteiger charge is -2.11. The fraction of sp³-hybridized carbons (Fsp3) is 0.118. The smallest absolute Gasteiger partial charge is 0.269 e. The second kappa shape index (κ2) is 9.25. The minimum absolute atomic E-state index is 0.122. The molecule has 9 nitrogen and oxygen atoms in total. The Morgan fingerprint density at radius 3 is 2.48 bits per heavy atom. The molecule has 2 aromatic carbocycles. The van der Waals surface area contributed by atoms with E-state index in [1.54, 1.807) is 12.1 Å². The van der Waals surface area contributed by atoms with Gasteiger partial charge in [-0.25, -0.2) is 0 Å². The van der Waals surface area contributed by atoms with Gasteiger partial charge in [0.2, 0.25) is 0 Å². The van der Waals surface area contributed by atoms with Gasteiger partial charge in [0.15, 0.2) is 11.7 Å². The third-order valence-electron chi connectivity index (χ3n) is 3.24. The molecule has 0 spiro atoms. The summed E-state index contributed by atoms with van der Waals surface area (Å²) in [4.78, 5) is 33.7. The summed E-state index contributed by atoms with van der Waals surface area (Å²) in [6.45, 7) is 1.65. The molecule has 140 valence electrons. The minimum atomic E-state index is -0.572. The topological polar surface area (TPSA) is 123 Å². The number of rotatable bonds is 5. The number of non-ortho nitro benzene ring substituents is 1. The highest BCUT2D eigenvalue weighted by molar-refractivity contribution is 7.80. The van der Waals surface area contributed by atoms with Crippen molar-refractivity contribution in [3.8, 4) is 5.75 Å². The van der Waals surface area contributed by atoms with Crippen molar-refractivity contribution >= 4 is 34.8 Å². The highest BCUT2D eigenvalue weighted by Crippen LogP contribution is 2.12. The van der Waals surface area contributed by atoms with E-state index >= 15 is 0 Å².